The molecule has 122 valence electrons. The smallest absolute Gasteiger partial charge is 0.191 e. The van der Waals surface area contributed by atoms with Crippen LogP contribution >= 0.6 is 0 Å². The van der Waals surface area contributed by atoms with E-state index in [9.17, 15) is 0 Å². The molecule has 2 heterocycles. The number of nitrogens with one attached hydrogen (secondary N) is 2. The summed E-state index contributed by atoms with van der Waals surface area (Å²) in [4.78, 5) is 11.2. The Morgan fingerprint density at radius 3 is 2.82 bits per heavy atom. The minimum absolute atomic E-state index is 0.536. The predicted octanol–water partition coefficient (Wildman–Crippen LogP) is 1.66. The molecule has 5 nitrogen and oxygen atoms in total. The van der Waals surface area contributed by atoms with Crippen LogP contribution in [-0.2, 0) is 6.42 Å². The number of hydrogen-bond donors (Lipinski definition) is 2. The van der Waals surface area contributed by atoms with Crippen LogP contribution in [0.2, 0.25) is 0 Å². The minimum Gasteiger partial charge on any atom is -0.356 e. The van der Waals surface area contributed by atoms with Crippen LogP contribution in [0.15, 0.2) is 29.4 Å². The highest BCUT2D eigenvalue weighted by molar-refractivity contribution is 5.79. The predicted molar refractivity (Wildman–Crippen MR) is 92.2 cm³/mol. The maximum atomic E-state index is 4.34. The van der Waals surface area contributed by atoms with E-state index in [1.165, 1.54) is 38.9 Å². The summed E-state index contributed by atoms with van der Waals surface area (Å²) < 4.78 is 0. The second-order valence-corrected chi connectivity index (χ2v) is 5.83. The Bertz CT molecular complexity index is 438. The first-order valence-corrected chi connectivity index (χ1v) is 8.41. The fourth-order valence-corrected chi connectivity index (χ4v) is 2.86. The van der Waals surface area contributed by atoms with Crippen molar-refractivity contribution in [2.75, 3.05) is 33.2 Å². The third-order valence-corrected chi connectivity index (χ3v) is 4.09. The number of likely N-dealkylation sites (tertiary alicyclic amines) is 1. The van der Waals surface area contributed by atoms with Crippen molar-refractivity contribution < 1.29 is 0 Å². The Morgan fingerprint density at radius 1 is 1.36 bits per heavy atom. The Hall–Kier alpha value is -1.62. The van der Waals surface area contributed by atoms with Gasteiger partial charge in [-0.3, -0.25) is 9.98 Å². The summed E-state index contributed by atoms with van der Waals surface area (Å²) >= 11 is 0. The molecule has 0 aliphatic carbocycles. The van der Waals surface area contributed by atoms with E-state index in [0.29, 0.717) is 6.04 Å². The first-order valence-electron chi connectivity index (χ1n) is 8.41. The molecular weight excluding hydrogens is 274 g/mol. The second kappa shape index (κ2) is 9.41. The van der Waals surface area contributed by atoms with Gasteiger partial charge in [0, 0.05) is 51.0 Å². The van der Waals surface area contributed by atoms with E-state index in [4.69, 9.17) is 0 Å². The zero-order chi connectivity index (χ0) is 15.6. The van der Waals surface area contributed by atoms with Crippen molar-refractivity contribution in [3.8, 4) is 0 Å². The van der Waals surface area contributed by atoms with E-state index in [-0.39, 0.29) is 0 Å². The SMILES string of the molecule is CCCN1CCC(NC(=NC)NCCc2ccccn2)CC1. The molecule has 5 heteroatoms. The van der Waals surface area contributed by atoms with Crippen LogP contribution in [0, 0.1) is 0 Å². The number of nitrogens with zero attached hydrogens (tertiary/aromatic N) is 3. The lowest BCUT2D eigenvalue weighted by molar-refractivity contribution is 0.206. The topological polar surface area (TPSA) is 52.5 Å². The van der Waals surface area contributed by atoms with Crippen LogP contribution in [0.4, 0.5) is 0 Å². The van der Waals surface area contributed by atoms with Gasteiger partial charge in [-0.25, -0.2) is 0 Å². The fraction of sp³-hybridized carbons (Fsp3) is 0.647. The Balaban J connectivity index is 1.67. The lowest BCUT2D eigenvalue weighted by Crippen LogP contribution is -2.49. The van der Waals surface area contributed by atoms with E-state index >= 15 is 0 Å². The molecule has 0 amide bonds. The van der Waals surface area contributed by atoms with Gasteiger partial charge in [0.25, 0.3) is 0 Å². The summed E-state index contributed by atoms with van der Waals surface area (Å²) in [5.41, 5.74) is 1.11. The van der Waals surface area contributed by atoms with Crippen LogP contribution in [0.3, 0.4) is 0 Å². The van der Waals surface area contributed by atoms with Crippen molar-refractivity contribution in [3.63, 3.8) is 0 Å². The van der Waals surface area contributed by atoms with Crippen LogP contribution < -0.4 is 10.6 Å². The molecule has 1 aliphatic rings. The van der Waals surface area contributed by atoms with Gasteiger partial charge >= 0.3 is 0 Å². The molecule has 0 saturated carbocycles. The monoisotopic (exact) mass is 303 g/mol. The zero-order valence-corrected chi connectivity index (χ0v) is 13.9. The molecule has 2 rings (SSSR count). The number of rotatable bonds is 6. The van der Waals surface area contributed by atoms with Gasteiger partial charge in [-0.2, -0.15) is 0 Å². The molecule has 2 N–H and O–H groups in total. The highest BCUT2D eigenvalue weighted by Crippen LogP contribution is 2.10. The molecule has 0 spiro atoms. The molecule has 0 atom stereocenters. The Morgan fingerprint density at radius 2 is 2.18 bits per heavy atom. The van der Waals surface area contributed by atoms with Gasteiger partial charge in [-0.15, -0.1) is 0 Å². The molecule has 0 unspecified atom stereocenters. The number of hydrogen-bond acceptors (Lipinski definition) is 3. The zero-order valence-electron chi connectivity index (χ0n) is 13.9. The summed E-state index contributed by atoms with van der Waals surface area (Å²) in [5, 5.41) is 6.93. The van der Waals surface area contributed by atoms with E-state index < -0.39 is 0 Å². The number of guanidine groups is 1. The van der Waals surface area contributed by atoms with Gasteiger partial charge in [0.1, 0.15) is 0 Å². The van der Waals surface area contributed by atoms with Crippen molar-refractivity contribution in [1.29, 1.82) is 0 Å². The summed E-state index contributed by atoms with van der Waals surface area (Å²) in [6.45, 7) is 6.71. The molecular formula is C17H29N5. The standard InChI is InChI=1S/C17H29N5/c1-3-12-22-13-8-16(9-14-22)21-17(18-2)20-11-7-15-6-4-5-10-19-15/h4-6,10,16H,3,7-9,11-14H2,1-2H3,(H2,18,20,21). The maximum Gasteiger partial charge on any atom is 0.191 e. The van der Waals surface area contributed by atoms with Crippen molar-refractivity contribution in [2.24, 2.45) is 4.99 Å². The molecule has 0 radical (unpaired) electrons. The third-order valence-electron chi connectivity index (χ3n) is 4.09. The van der Waals surface area contributed by atoms with E-state index in [2.05, 4.69) is 38.5 Å². The van der Waals surface area contributed by atoms with Crippen molar-refractivity contribution in [1.82, 2.24) is 20.5 Å². The molecule has 1 aliphatic heterocycles. The second-order valence-electron chi connectivity index (χ2n) is 5.83. The summed E-state index contributed by atoms with van der Waals surface area (Å²) in [6, 6.07) is 6.57. The van der Waals surface area contributed by atoms with Gasteiger partial charge < -0.3 is 15.5 Å². The third kappa shape index (κ3) is 5.64. The van der Waals surface area contributed by atoms with Crippen molar-refractivity contribution in [3.05, 3.63) is 30.1 Å². The highest BCUT2D eigenvalue weighted by Gasteiger charge is 2.19. The van der Waals surface area contributed by atoms with E-state index in [1.54, 1.807) is 0 Å². The molecule has 0 aromatic carbocycles. The average molecular weight is 303 g/mol. The van der Waals surface area contributed by atoms with Crippen LogP contribution in [0.1, 0.15) is 31.9 Å². The molecule has 1 fully saturated rings. The first-order chi connectivity index (χ1) is 10.8. The quantitative estimate of drug-likeness (QED) is 0.620. The number of piperidine rings is 1. The van der Waals surface area contributed by atoms with Crippen molar-refractivity contribution >= 4 is 5.96 Å². The van der Waals surface area contributed by atoms with Crippen LogP contribution in [-0.4, -0.2) is 55.1 Å². The fourth-order valence-electron chi connectivity index (χ4n) is 2.86. The largest absolute Gasteiger partial charge is 0.356 e. The van der Waals surface area contributed by atoms with Gasteiger partial charge in [-0.05, 0) is 37.9 Å². The maximum absolute atomic E-state index is 4.34. The normalized spacial score (nSPS) is 17.5. The van der Waals surface area contributed by atoms with Gasteiger partial charge in [0.2, 0.25) is 0 Å². The highest BCUT2D eigenvalue weighted by atomic mass is 15.2. The molecule has 1 aromatic rings. The van der Waals surface area contributed by atoms with Crippen LogP contribution in [0.25, 0.3) is 0 Å². The minimum atomic E-state index is 0.536. The lowest BCUT2D eigenvalue weighted by atomic mass is 10.1. The van der Waals surface area contributed by atoms with Crippen molar-refractivity contribution in [2.45, 2.75) is 38.6 Å². The number of aliphatic imine (C=N–C) groups is 1. The van der Waals surface area contributed by atoms with Gasteiger partial charge in [0.05, 0.1) is 0 Å². The number of pyridine rings is 1. The first kappa shape index (κ1) is 16.7. The molecule has 22 heavy (non-hydrogen) atoms. The number of aromatic nitrogens is 1. The van der Waals surface area contributed by atoms with Crippen LogP contribution in [0.5, 0.6) is 0 Å². The summed E-state index contributed by atoms with van der Waals surface area (Å²) in [5.74, 6) is 0.907. The summed E-state index contributed by atoms with van der Waals surface area (Å²) in [7, 11) is 1.84. The van der Waals surface area contributed by atoms with Gasteiger partial charge in [-0.1, -0.05) is 13.0 Å². The lowest BCUT2D eigenvalue weighted by Gasteiger charge is -2.32. The average Bonchev–Trinajstić information content (AvgIpc) is 2.57. The van der Waals surface area contributed by atoms with Gasteiger partial charge in [0.15, 0.2) is 5.96 Å². The Kier molecular flexibility index (Phi) is 7.16. The summed E-state index contributed by atoms with van der Waals surface area (Å²) in [6.07, 6.45) is 6.39. The Labute approximate surface area is 134 Å². The molecule has 1 aromatic heterocycles. The van der Waals surface area contributed by atoms with E-state index in [0.717, 1.165) is 24.6 Å². The van der Waals surface area contributed by atoms with E-state index in [1.807, 2.05) is 25.4 Å². The molecule has 1 saturated heterocycles. The molecule has 0 bridgehead atoms.